The van der Waals surface area contributed by atoms with E-state index in [0.29, 0.717) is 56.0 Å². The molecular weight excluding hydrogens is 486 g/mol. The van der Waals surface area contributed by atoms with E-state index in [1.165, 1.54) is 12.8 Å². The monoisotopic (exact) mass is 531 g/mol. The van der Waals surface area contributed by atoms with Gasteiger partial charge in [0, 0.05) is 64.0 Å². The van der Waals surface area contributed by atoms with E-state index in [1.807, 2.05) is 36.6 Å². The van der Waals surface area contributed by atoms with Crippen molar-refractivity contribution in [1.82, 2.24) is 15.1 Å². The largest absolute Gasteiger partial charge is 0.493 e. The molecule has 1 aliphatic heterocycles. The van der Waals surface area contributed by atoms with Crippen LogP contribution in [0.5, 0.6) is 11.5 Å². The molecule has 9 heteroatoms. The lowest BCUT2D eigenvalue weighted by molar-refractivity contribution is 0.0282. The number of carbonyl (C=O) groups is 2. The molecule has 1 heterocycles. The first kappa shape index (κ1) is 28.5. The van der Waals surface area contributed by atoms with Gasteiger partial charge in [-0.1, -0.05) is 0 Å². The topological polar surface area (TPSA) is 89.6 Å². The Morgan fingerprint density at radius 1 is 1.03 bits per heavy atom. The van der Waals surface area contributed by atoms with E-state index in [1.54, 1.807) is 26.4 Å². The molecule has 0 radical (unpaired) electrons. The summed E-state index contributed by atoms with van der Waals surface area (Å²) in [5.74, 6) is 1.62. The van der Waals surface area contributed by atoms with Gasteiger partial charge in [0.25, 0.3) is 5.91 Å². The lowest BCUT2D eigenvalue weighted by atomic mass is 9.95. The Balaban J connectivity index is 1.46. The molecule has 2 atom stereocenters. The predicted molar refractivity (Wildman–Crippen MR) is 145 cm³/mol. The Morgan fingerprint density at radius 3 is 2.39 bits per heavy atom. The first-order chi connectivity index (χ1) is 18.2. The number of likely N-dealkylation sites (tertiary alicyclic amines) is 1. The number of carbonyl (C=O) groups excluding carboxylic acids is 2. The van der Waals surface area contributed by atoms with Crippen LogP contribution in [0.15, 0.2) is 18.2 Å². The zero-order valence-electron chi connectivity index (χ0n) is 23.7. The molecule has 212 valence electrons. The predicted octanol–water partition coefficient (Wildman–Crippen LogP) is 3.95. The maximum absolute atomic E-state index is 13.8. The lowest BCUT2D eigenvalue weighted by Gasteiger charge is -2.29. The SMILES string of the molecule is COCCCOc1cc(C(=O)N(C[C@@H]2CN(C(=O)OC(C)(C)C)C[C@H]2CNC2CC2)C2CC2)ccc1OC. The molecule has 2 saturated carbocycles. The average Bonchev–Trinajstić information content (AvgIpc) is 3.81. The first-order valence-electron chi connectivity index (χ1n) is 14.0. The molecule has 0 aromatic heterocycles. The Hall–Kier alpha value is -2.52. The van der Waals surface area contributed by atoms with Gasteiger partial charge in [0.2, 0.25) is 0 Å². The Labute approximate surface area is 227 Å². The van der Waals surface area contributed by atoms with Crippen LogP contribution in [0.25, 0.3) is 0 Å². The van der Waals surface area contributed by atoms with E-state index in [-0.39, 0.29) is 29.9 Å². The molecule has 9 nitrogen and oxygen atoms in total. The molecule has 2 amide bonds. The van der Waals surface area contributed by atoms with Gasteiger partial charge in [0.1, 0.15) is 5.60 Å². The van der Waals surface area contributed by atoms with Crippen molar-refractivity contribution in [2.45, 2.75) is 70.6 Å². The van der Waals surface area contributed by atoms with Gasteiger partial charge in [-0.25, -0.2) is 4.79 Å². The van der Waals surface area contributed by atoms with E-state index in [0.717, 1.165) is 25.8 Å². The second-order valence-corrected chi connectivity index (χ2v) is 11.8. The van der Waals surface area contributed by atoms with Crippen molar-refractivity contribution in [2.24, 2.45) is 11.8 Å². The second kappa shape index (κ2) is 12.6. The number of hydrogen-bond donors (Lipinski definition) is 1. The zero-order chi connectivity index (χ0) is 27.3. The fourth-order valence-corrected chi connectivity index (χ4v) is 4.97. The summed E-state index contributed by atoms with van der Waals surface area (Å²) in [4.78, 5) is 30.5. The van der Waals surface area contributed by atoms with E-state index in [9.17, 15) is 9.59 Å². The standard InChI is InChI=1S/C29H45N3O6/c1-29(2,3)38-28(34)31-17-21(16-30-23-8-9-23)22(18-31)19-32(24-10-11-24)27(33)20-7-12-25(36-5)26(15-20)37-14-6-13-35-4/h7,12,15,21-24,30H,6,8-11,13-14,16-19H2,1-5H3/t21-,22+/m1/s1. The van der Waals surface area contributed by atoms with Crippen LogP contribution in [0.1, 0.15) is 63.2 Å². The van der Waals surface area contributed by atoms with Crippen LogP contribution in [-0.4, -0.2) is 93.1 Å². The van der Waals surface area contributed by atoms with Gasteiger partial charge in [-0.3, -0.25) is 4.79 Å². The number of nitrogens with one attached hydrogen (secondary N) is 1. The summed E-state index contributed by atoms with van der Waals surface area (Å²) in [6.07, 6.45) is 4.93. The summed E-state index contributed by atoms with van der Waals surface area (Å²) < 4.78 is 22.2. The van der Waals surface area contributed by atoms with Crippen LogP contribution < -0.4 is 14.8 Å². The van der Waals surface area contributed by atoms with Crippen molar-refractivity contribution in [3.8, 4) is 11.5 Å². The second-order valence-electron chi connectivity index (χ2n) is 11.8. The fourth-order valence-electron chi connectivity index (χ4n) is 4.97. The van der Waals surface area contributed by atoms with Crippen LogP contribution in [0.4, 0.5) is 4.79 Å². The third-order valence-electron chi connectivity index (χ3n) is 7.31. The van der Waals surface area contributed by atoms with E-state index >= 15 is 0 Å². The maximum atomic E-state index is 13.8. The van der Waals surface area contributed by atoms with Crippen LogP contribution in [0, 0.1) is 11.8 Å². The van der Waals surface area contributed by atoms with Crippen LogP contribution in [-0.2, 0) is 9.47 Å². The highest BCUT2D eigenvalue weighted by atomic mass is 16.6. The number of rotatable bonds is 13. The van der Waals surface area contributed by atoms with Gasteiger partial charge in [-0.2, -0.15) is 0 Å². The molecule has 1 aromatic carbocycles. The van der Waals surface area contributed by atoms with Gasteiger partial charge in [-0.15, -0.1) is 0 Å². The van der Waals surface area contributed by atoms with Gasteiger partial charge in [0.05, 0.1) is 13.7 Å². The molecule has 2 aliphatic carbocycles. The molecular formula is C29H45N3O6. The van der Waals surface area contributed by atoms with Crippen LogP contribution >= 0.6 is 0 Å². The molecule has 0 unspecified atom stereocenters. The Morgan fingerprint density at radius 2 is 1.76 bits per heavy atom. The molecule has 3 fully saturated rings. The van der Waals surface area contributed by atoms with E-state index < -0.39 is 5.60 Å². The van der Waals surface area contributed by atoms with Crippen molar-refractivity contribution in [2.75, 3.05) is 53.6 Å². The number of amides is 2. The molecule has 38 heavy (non-hydrogen) atoms. The third kappa shape index (κ3) is 7.99. The minimum atomic E-state index is -0.537. The van der Waals surface area contributed by atoms with Gasteiger partial charge in [-0.05, 0) is 76.5 Å². The van der Waals surface area contributed by atoms with Crippen molar-refractivity contribution in [3.63, 3.8) is 0 Å². The number of methoxy groups -OCH3 is 2. The number of benzene rings is 1. The van der Waals surface area contributed by atoms with E-state index in [4.69, 9.17) is 18.9 Å². The minimum Gasteiger partial charge on any atom is -0.493 e. The summed E-state index contributed by atoms with van der Waals surface area (Å²) in [5.41, 5.74) is 0.0547. The highest BCUT2D eigenvalue weighted by Gasteiger charge is 2.42. The zero-order valence-corrected chi connectivity index (χ0v) is 23.7. The normalized spacial score (nSPS) is 21.3. The highest BCUT2D eigenvalue weighted by Crippen LogP contribution is 2.35. The van der Waals surface area contributed by atoms with Gasteiger partial charge in [0.15, 0.2) is 11.5 Å². The minimum absolute atomic E-state index is 0.00140. The number of hydrogen-bond acceptors (Lipinski definition) is 7. The van der Waals surface area contributed by atoms with Crippen molar-refractivity contribution in [3.05, 3.63) is 23.8 Å². The maximum Gasteiger partial charge on any atom is 0.410 e. The highest BCUT2D eigenvalue weighted by molar-refractivity contribution is 5.95. The molecule has 1 saturated heterocycles. The first-order valence-corrected chi connectivity index (χ1v) is 14.0. The number of nitrogens with zero attached hydrogens (tertiary/aromatic N) is 2. The molecule has 0 spiro atoms. The van der Waals surface area contributed by atoms with Crippen LogP contribution in [0.2, 0.25) is 0 Å². The Kier molecular flexibility index (Phi) is 9.41. The molecule has 0 bridgehead atoms. The average molecular weight is 532 g/mol. The van der Waals surface area contributed by atoms with Crippen LogP contribution in [0.3, 0.4) is 0 Å². The van der Waals surface area contributed by atoms with Crippen molar-refractivity contribution < 1.29 is 28.5 Å². The summed E-state index contributed by atoms with van der Waals surface area (Å²) in [6, 6.07) is 6.23. The number of ether oxygens (including phenoxy) is 4. The van der Waals surface area contributed by atoms with Gasteiger partial charge >= 0.3 is 6.09 Å². The van der Waals surface area contributed by atoms with Gasteiger partial charge < -0.3 is 34.1 Å². The van der Waals surface area contributed by atoms with Crippen molar-refractivity contribution in [1.29, 1.82) is 0 Å². The molecule has 4 rings (SSSR count). The lowest BCUT2D eigenvalue weighted by Crippen LogP contribution is -2.41. The quantitative estimate of drug-likeness (QED) is 0.386. The molecule has 1 aromatic rings. The summed E-state index contributed by atoms with van der Waals surface area (Å²) in [7, 11) is 3.26. The summed E-state index contributed by atoms with van der Waals surface area (Å²) in [5, 5.41) is 3.64. The Bertz CT molecular complexity index is 956. The summed E-state index contributed by atoms with van der Waals surface area (Å²) in [6.45, 7) is 9.47. The smallest absolute Gasteiger partial charge is 0.410 e. The summed E-state index contributed by atoms with van der Waals surface area (Å²) >= 11 is 0. The third-order valence-corrected chi connectivity index (χ3v) is 7.31. The van der Waals surface area contributed by atoms with Crippen molar-refractivity contribution >= 4 is 12.0 Å². The van der Waals surface area contributed by atoms with E-state index in [2.05, 4.69) is 5.32 Å². The molecule has 1 N–H and O–H groups in total. The molecule has 3 aliphatic rings. The fraction of sp³-hybridized carbons (Fsp3) is 0.724.